The van der Waals surface area contributed by atoms with Crippen molar-refractivity contribution < 1.29 is 4.74 Å². The van der Waals surface area contributed by atoms with E-state index in [1.165, 1.54) is 44.1 Å². The number of benzene rings is 1. The Morgan fingerprint density at radius 1 is 1.00 bits per heavy atom. The van der Waals surface area contributed by atoms with Gasteiger partial charge in [-0.05, 0) is 80.4 Å². The van der Waals surface area contributed by atoms with E-state index in [0.717, 1.165) is 48.6 Å². The van der Waals surface area contributed by atoms with Gasteiger partial charge in [0.25, 0.3) is 0 Å². The second kappa shape index (κ2) is 6.23. The fraction of sp³-hybridized carbons (Fsp3) is 0.700. The minimum atomic E-state index is 0.741. The van der Waals surface area contributed by atoms with Gasteiger partial charge in [0.2, 0.25) is 0 Å². The third-order valence-corrected chi connectivity index (χ3v) is 6.36. The highest BCUT2D eigenvalue weighted by atomic mass is 16.5. The highest BCUT2D eigenvalue weighted by Gasteiger charge is 2.45. The van der Waals surface area contributed by atoms with Crippen LogP contribution >= 0.6 is 0 Å². The summed E-state index contributed by atoms with van der Waals surface area (Å²) in [4.78, 5) is 0. The molecule has 1 N–H and O–H groups in total. The highest BCUT2D eigenvalue weighted by molar-refractivity contribution is 5.27. The van der Waals surface area contributed by atoms with Crippen LogP contribution in [0, 0.1) is 23.7 Å². The van der Waals surface area contributed by atoms with Crippen LogP contribution in [-0.4, -0.2) is 12.6 Å². The fourth-order valence-corrected chi connectivity index (χ4v) is 5.48. The molecule has 0 radical (unpaired) electrons. The lowest BCUT2D eigenvalue weighted by Gasteiger charge is -2.52. The van der Waals surface area contributed by atoms with Gasteiger partial charge in [0.15, 0.2) is 0 Å². The van der Waals surface area contributed by atoms with Crippen molar-refractivity contribution in [3.05, 3.63) is 29.8 Å². The number of rotatable bonds is 5. The molecule has 3 fully saturated rings. The van der Waals surface area contributed by atoms with Gasteiger partial charge >= 0.3 is 0 Å². The molecule has 0 aliphatic heterocycles. The quantitative estimate of drug-likeness (QED) is 0.870. The normalized spacial score (nSPS) is 36.3. The second-order valence-corrected chi connectivity index (χ2v) is 7.74. The average Bonchev–Trinajstić information content (AvgIpc) is 2.52. The molecular weight excluding hydrogens is 270 g/mol. The van der Waals surface area contributed by atoms with Crippen molar-refractivity contribution in [3.8, 4) is 5.75 Å². The zero-order chi connectivity index (χ0) is 14.9. The molecule has 0 spiro atoms. The lowest BCUT2D eigenvalue weighted by Crippen LogP contribution is -2.50. The third kappa shape index (κ3) is 2.90. The molecule has 3 aliphatic carbocycles. The van der Waals surface area contributed by atoms with Crippen molar-refractivity contribution in [2.75, 3.05) is 6.61 Å². The first kappa shape index (κ1) is 14.6. The predicted octanol–water partition coefficient (Wildman–Crippen LogP) is 4.39. The molecule has 0 heterocycles. The Morgan fingerprint density at radius 2 is 1.82 bits per heavy atom. The largest absolute Gasteiger partial charge is 0.494 e. The van der Waals surface area contributed by atoms with Gasteiger partial charge in [0.1, 0.15) is 5.75 Å². The Hall–Kier alpha value is -1.02. The number of hydrogen-bond acceptors (Lipinski definition) is 2. The molecule has 5 unspecified atom stereocenters. The van der Waals surface area contributed by atoms with Crippen LogP contribution in [0.2, 0.25) is 0 Å². The smallest absolute Gasteiger partial charge is 0.119 e. The Labute approximate surface area is 134 Å². The molecule has 2 nitrogen and oxygen atoms in total. The molecule has 3 bridgehead atoms. The van der Waals surface area contributed by atoms with E-state index in [0.29, 0.717) is 0 Å². The first-order chi connectivity index (χ1) is 10.8. The van der Waals surface area contributed by atoms with Gasteiger partial charge in [-0.2, -0.15) is 0 Å². The first-order valence-electron chi connectivity index (χ1n) is 9.27. The van der Waals surface area contributed by atoms with E-state index in [9.17, 15) is 0 Å². The monoisotopic (exact) mass is 299 g/mol. The summed E-state index contributed by atoms with van der Waals surface area (Å²) >= 11 is 0. The molecule has 22 heavy (non-hydrogen) atoms. The summed E-state index contributed by atoms with van der Waals surface area (Å²) in [6.07, 6.45) is 8.98. The van der Waals surface area contributed by atoms with E-state index < -0.39 is 0 Å². The maximum absolute atomic E-state index is 5.52. The Morgan fingerprint density at radius 3 is 2.64 bits per heavy atom. The van der Waals surface area contributed by atoms with E-state index in [4.69, 9.17) is 4.74 Å². The molecule has 0 amide bonds. The lowest BCUT2D eigenvalue weighted by atomic mass is 9.56. The molecule has 0 saturated heterocycles. The highest BCUT2D eigenvalue weighted by Crippen LogP contribution is 2.52. The molecule has 1 aromatic rings. The minimum Gasteiger partial charge on any atom is -0.494 e. The predicted molar refractivity (Wildman–Crippen MR) is 89.9 cm³/mol. The molecule has 3 aliphatic rings. The van der Waals surface area contributed by atoms with E-state index >= 15 is 0 Å². The van der Waals surface area contributed by atoms with E-state index in [2.05, 4.69) is 29.6 Å². The van der Waals surface area contributed by atoms with Crippen molar-refractivity contribution >= 4 is 0 Å². The van der Waals surface area contributed by atoms with Crippen molar-refractivity contribution in [1.82, 2.24) is 5.32 Å². The average molecular weight is 299 g/mol. The SMILES string of the molecule is CCOc1ccc(CNC2CC3CC4CCC2C(C4)C3)cc1. The maximum atomic E-state index is 5.52. The third-order valence-electron chi connectivity index (χ3n) is 6.36. The van der Waals surface area contributed by atoms with E-state index in [1.807, 2.05) is 6.92 Å². The summed E-state index contributed by atoms with van der Waals surface area (Å²) in [5.74, 6) is 5.06. The van der Waals surface area contributed by atoms with Gasteiger partial charge in [-0.1, -0.05) is 18.6 Å². The van der Waals surface area contributed by atoms with Crippen LogP contribution in [0.3, 0.4) is 0 Å². The zero-order valence-corrected chi connectivity index (χ0v) is 13.8. The van der Waals surface area contributed by atoms with Crippen molar-refractivity contribution in [2.45, 2.75) is 58.0 Å². The topological polar surface area (TPSA) is 21.3 Å². The van der Waals surface area contributed by atoms with Crippen molar-refractivity contribution in [2.24, 2.45) is 23.7 Å². The lowest BCUT2D eigenvalue weighted by molar-refractivity contribution is 0.00606. The van der Waals surface area contributed by atoms with Crippen LogP contribution in [0.4, 0.5) is 0 Å². The molecule has 1 aromatic carbocycles. The number of ether oxygens (including phenoxy) is 1. The van der Waals surface area contributed by atoms with Gasteiger partial charge in [-0.3, -0.25) is 0 Å². The van der Waals surface area contributed by atoms with E-state index in [-0.39, 0.29) is 0 Å². The van der Waals surface area contributed by atoms with Crippen LogP contribution in [-0.2, 0) is 6.54 Å². The van der Waals surface area contributed by atoms with Gasteiger partial charge < -0.3 is 10.1 Å². The Kier molecular flexibility index (Phi) is 4.13. The van der Waals surface area contributed by atoms with Crippen molar-refractivity contribution in [1.29, 1.82) is 0 Å². The molecule has 3 saturated carbocycles. The van der Waals surface area contributed by atoms with Gasteiger partial charge in [-0.15, -0.1) is 0 Å². The maximum Gasteiger partial charge on any atom is 0.119 e. The van der Waals surface area contributed by atoms with Crippen LogP contribution in [0.15, 0.2) is 24.3 Å². The van der Waals surface area contributed by atoms with Crippen LogP contribution < -0.4 is 10.1 Å². The van der Waals surface area contributed by atoms with Crippen LogP contribution in [0.25, 0.3) is 0 Å². The van der Waals surface area contributed by atoms with Gasteiger partial charge in [0, 0.05) is 12.6 Å². The van der Waals surface area contributed by atoms with Crippen LogP contribution in [0.5, 0.6) is 5.75 Å². The number of fused-ring (bicyclic) bond motifs is 2. The van der Waals surface area contributed by atoms with Crippen LogP contribution in [0.1, 0.15) is 51.0 Å². The Bertz CT molecular complexity index is 491. The second-order valence-electron chi connectivity index (χ2n) is 7.74. The van der Waals surface area contributed by atoms with Gasteiger partial charge in [-0.25, -0.2) is 0 Å². The molecule has 5 atom stereocenters. The summed E-state index contributed by atoms with van der Waals surface area (Å²) in [5, 5.41) is 3.90. The Balaban J connectivity index is 1.37. The molecule has 4 rings (SSSR count). The summed E-state index contributed by atoms with van der Waals surface area (Å²) in [5.41, 5.74) is 1.38. The summed E-state index contributed by atoms with van der Waals surface area (Å²) in [6.45, 7) is 3.78. The molecule has 2 heteroatoms. The molecule has 0 aromatic heterocycles. The number of hydrogen-bond donors (Lipinski definition) is 1. The summed E-state index contributed by atoms with van der Waals surface area (Å²) in [6, 6.07) is 9.37. The minimum absolute atomic E-state index is 0.741. The first-order valence-corrected chi connectivity index (χ1v) is 9.27. The summed E-state index contributed by atoms with van der Waals surface area (Å²) < 4.78 is 5.52. The van der Waals surface area contributed by atoms with Gasteiger partial charge in [0.05, 0.1) is 6.61 Å². The standard InChI is InChI=1S/C20H29NO/c1-2-22-18-6-3-14(4-7-18)13-21-20-12-16-9-15-5-8-19(20)17(10-15)11-16/h3-4,6-7,15-17,19-21H,2,5,8-13H2,1H3. The van der Waals surface area contributed by atoms with E-state index in [1.54, 1.807) is 0 Å². The number of nitrogens with one attached hydrogen (secondary N) is 1. The zero-order valence-electron chi connectivity index (χ0n) is 13.8. The molecule has 120 valence electrons. The fourth-order valence-electron chi connectivity index (χ4n) is 5.48. The summed E-state index contributed by atoms with van der Waals surface area (Å²) in [7, 11) is 0. The van der Waals surface area contributed by atoms with Crippen molar-refractivity contribution in [3.63, 3.8) is 0 Å². The molecular formula is C20H29NO.